The highest BCUT2D eigenvalue weighted by Crippen LogP contribution is 2.26. The summed E-state index contributed by atoms with van der Waals surface area (Å²) in [7, 11) is 0. The van der Waals surface area contributed by atoms with Gasteiger partial charge in [0.25, 0.3) is 5.78 Å². The third-order valence-electron chi connectivity index (χ3n) is 6.85. The average molecular weight is 510 g/mol. The minimum atomic E-state index is -0.593. The highest BCUT2D eigenvalue weighted by molar-refractivity contribution is 5.85. The molecule has 2 saturated heterocycles. The minimum absolute atomic E-state index is 0.00454. The van der Waals surface area contributed by atoms with E-state index in [4.69, 9.17) is 10.2 Å². The topological polar surface area (TPSA) is 122 Å². The Balaban J connectivity index is 1.14. The Labute approximate surface area is 210 Å². The number of hydrogen-bond acceptors (Lipinski definition) is 9. The van der Waals surface area contributed by atoms with Crippen LogP contribution in [0.25, 0.3) is 17.4 Å². The molecule has 3 aromatic heterocycles. The number of nitrogens with zero attached hydrogens (tertiary/aromatic N) is 8. The second kappa shape index (κ2) is 9.39. The van der Waals surface area contributed by atoms with E-state index in [1.54, 1.807) is 12.1 Å². The molecular weight excluding hydrogens is 484 g/mol. The number of nitrogens with two attached hydrogens (primary N) is 1. The van der Waals surface area contributed by atoms with Crippen molar-refractivity contribution < 1.29 is 18.0 Å². The molecule has 5 heterocycles. The summed E-state index contributed by atoms with van der Waals surface area (Å²) < 4.78 is 33.9. The van der Waals surface area contributed by atoms with E-state index in [0.717, 1.165) is 12.5 Å². The van der Waals surface area contributed by atoms with E-state index in [-0.39, 0.29) is 17.6 Å². The maximum Gasteiger partial charge on any atom is 0.259 e. The second-order valence-corrected chi connectivity index (χ2v) is 9.19. The van der Waals surface area contributed by atoms with Crippen LogP contribution >= 0.6 is 0 Å². The molecule has 1 amide bonds. The fourth-order valence-corrected chi connectivity index (χ4v) is 4.92. The molecule has 0 bridgehead atoms. The molecule has 37 heavy (non-hydrogen) atoms. The number of furan rings is 1. The molecule has 1 atom stereocenters. The fraction of sp³-hybridized carbons (Fsp3) is 0.375. The number of carbonyl (C=O) groups is 1. The van der Waals surface area contributed by atoms with Crippen molar-refractivity contribution >= 4 is 23.6 Å². The van der Waals surface area contributed by atoms with Crippen molar-refractivity contribution in [3.05, 3.63) is 53.8 Å². The van der Waals surface area contributed by atoms with E-state index in [1.807, 2.05) is 9.80 Å². The number of fused-ring (bicyclic) bond motifs is 1. The first-order valence-electron chi connectivity index (χ1n) is 12.1. The lowest BCUT2D eigenvalue weighted by Gasteiger charge is -2.37. The Bertz CT molecular complexity index is 1430. The van der Waals surface area contributed by atoms with Gasteiger partial charge in [-0.2, -0.15) is 19.5 Å². The zero-order chi connectivity index (χ0) is 25.5. The fourth-order valence-electron chi connectivity index (χ4n) is 4.92. The van der Waals surface area contributed by atoms with Gasteiger partial charge in [0, 0.05) is 50.9 Å². The maximum absolute atomic E-state index is 14.0. The minimum Gasteiger partial charge on any atom is -0.461 e. The number of aromatic nitrogens is 5. The van der Waals surface area contributed by atoms with E-state index in [1.165, 1.54) is 22.9 Å². The van der Waals surface area contributed by atoms with Crippen LogP contribution in [0.3, 0.4) is 0 Å². The lowest BCUT2D eigenvalue weighted by molar-refractivity contribution is -0.134. The van der Waals surface area contributed by atoms with Gasteiger partial charge in [-0.1, -0.05) is 6.07 Å². The van der Waals surface area contributed by atoms with E-state index in [9.17, 15) is 13.6 Å². The smallest absolute Gasteiger partial charge is 0.259 e. The Kier molecular flexibility index (Phi) is 5.91. The summed E-state index contributed by atoms with van der Waals surface area (Å²) in [6.45, 7) is 3.22. The quantitative estimate of drug-likeness (QED) is 0.430. The number of anilines is 2. The van der Waals surface area contributed by atoms with Crippen LogP contribution in [0, 0.1) is 11.6 Å². The van der Waals surface area contributed by atoms with E-state index in [2.05, 4.69) is 25.0 Å². The third-order valence-corrected chi connectivity index (χ3v) is 6.85. The molecule has 4 aromatic rings. The third kappa shape index (κ3) is 4.46. The largest absolute Gasteiger partial charge is 0.461 e. The summed E-state index contributed by atoms with van der Waals surface area (Å²) in [5.74, 6) is 0.413. The van der Waals surface area contributed by atoms with Crippen molar-refractivity contribution in [1.82, 2.24) is 34.4 Å². The lowest BCUT2D eigenvalue weighted by Crippen LogP contribution is -2.53. The molecule has 6 rings (SSSR count). The Morgan fingerprint density at radius 1 is 1.08 bits per heavy atom. The first kappa shape index (κ1) is 23.3. The van der Waals surface area contributed by atoms with Crippen LogP contribution in [-0.2, 0) is 11.3 Å². The number of carbonyl (C=O) groups excluding carboxylic acids is 1. The van der Waals surface area contributed by atoms with Crippen LogP contribution in [0.2, 0.25) is 0 Å². The molecule has 13 heteroatoms. The Morgan fingerprint density at radius 2 is 1.92 bits per heavy atom. The van der Waals surface area contributed by atoms with Gasteiger partial charge in [-0.05, 0) is 31.0 Å². The van der Waals surface area contributed by atoms with Crippen molar-refractivity contribution in [2.24, 2.45) is 0 Å². The van der Waals surface area contributed by atoms with Gasteiger partial charge in [-0.15, -0.1) is 5.10 Å². The SMILES string of the molecule is Nc1nc(N2CCC[C@@H]2C(=O)N2CCN(Cc3ccc(F)cc3F)CC2)nc2nc(-c3ccco3)nn12. The zero-order valence-corrected chi connectivity index (χ0v) is 19.9. The molecule has 0 aliphatic carbocycles. The normalized spacial score (nSPS) is 18.7. The maximum atomic E-state index is 14.0. The van der Waals surface area contributed by atoms with Crippen LogP contribution in [-0.4, -0.2) is 79.0 Å². The number of hydrogen-bond donors (Lipinski definition) is 1. The van der Waals surface area contributed by atoms with Crippen LogP contribution in [0.5, 0.6) is 0 Å². The van der Waals surface area contributed by atoms with E-state index >= 15 is 0 Å². The molecule has 0 unspecified atom stereocenters. The number of benzene rings is 1. The predicted octanol–water partition coefficient (Wildman–Crippen LogP) is 1.95. The van der Waals surface area contributed by atoms with Crippen LogP contribution < -0.4 is 10.6 Å². The Hall–Kier alpha value is -4.13. The van der Waals surface area contributed by atoms with Crippen molar-refractivity contribution in [2.75, 3.05) is 43.4 Å². The van der Waals surface area contributed by atoms with Crippen molar-refractivity contribution in [3.63, 3.8) is 0 Å². The van der Waals surface area contributed by atoms with Gasteiger partial charge in [0.05, 0.1) is 6.26 Å². The molecule has 0 spiro atoms. The average Bonchev–Trinajstić information content (AvgIpc) is 3.66. The standard InChI is InChI=1S/C24H25F2N9O2/c25-16-6-5-15(17(26)13-16)14-32-8-10-33(11-9-32)21(36)18-3-1-7-34(18)23-29-22(27)35-24(30-23)28-20(31-35)19-4-2-12-37-19/h2,4-6,12-13,18H,1,3,7-11,14H2,(H2,27,28,29,30,31)/t18-/m1/s1. The number of halogens is 2. The van der Waals surface area contributed by atoms with E-state index < -0.39 is 17.7 Å². The van der Waals surface area contributed by atoms with Crippen molar-refractivity contribution in [2.45, 2.75) is 25.4 Å². The number of rotatable bonds is 5. The van der Waals surface area contributed by atoms with Gasteiger partial charge < -0.3 is 20.0 Å². The van der Waals surface area contributed by atoms with Crippen LogP contribution in [0.15, 0.2) is 41.0 Å². The molecule has 192 valence electrons. The van der Waals surface area contributed by atoms with Gasteiger partial charge in [-0.25, -0.2) is 8.78 Å². The van der Waals surface area contributed by atoms with Gasteiger partial charge in [0.2, 0.25) is 23.6 Å². The first-order valence-corrected chi connectivity index (χ1v) is 12.1. The predicted molar refractivity (Wildman–Crippen MR) is 129 cm³/mol. The molecule has 2 fully saturated rings. The summed E-state index contributed by atoms with van der Waals surface area (Å²) in [4.78, 5) is 32.6. The monoisotopic (exact) mass is 509 g/mol. The molecule has 2 aliphatic rings. The second-order valence-electron chi connectivity index (χ2n) is 9.19. The van der Waals surface area contributed by atoms with Crippen molar-refractivity contribution in [3.8, 4) is 11.6 Å². The zero-order valence-electron chi connectivity index (χ0n) is 19.9. The number of nitrogen functional groups attached to an aromatic ring is 1. The van der Waals surface area contributed by atoms with Crippen LogP contribution in [0.4, 0.5) is 20.7 Å². The van der Waals surface area contributed by atoms with Crippen molar-refractivity contribution in [1.29, 1.82) is 0 Å². The molecule has 0 radical (unpaired) electrons. The number of piperazine rings is 1. The lowest BCUT2D eigenvalue weighted by atomic mass is 10.1. The molecule has 2 N–H and O–H groups in total. The van der Waals surface area contributed by atoms with Gasteiger partial charge in [0.1, 0.15) is 17.7 Å². The first-order chi connectivity index (χ1) is 18.0. The van der Waals surface area contributed by atoms with Gasteiger partial charge in [-0.3, -0.25) is 9.69 Å². The summed E-state index contributed by atoms with van der Waals surface area (Å²) in [5.41, 5.74) is 6.60. The molecule has 1 aromatic carbocycles. The summed E-state index contributed by atoms with van der Waals surface area (Å²) in [6.07, 6.45) is 3.03. The van der Waals surface area contributed by atoms with E-state index in [0.29, 0.717) is 68.8 Å². The summed E-state index contributed by atoms with van der Waals surface area (Å²) >= 11 is 0. The summed E-state index contributed by atoms with van der Waals surface area (Å²) in [5, 5.41) is 4.32. The molecule has 11 nitrogen and oxygen atoms in total. The molecular formula is C24H25F2N9O2. The van der Waals surface area contributed by atoms with Crippen LogP contribution in [0.1, 0.15) is 18.4 Å². The van der Waals surface area contributed by atoms with Gasteiger partial charge >= 0.3 is 0 Å². The summed E-state index contributed by atoms with van der Waals surface area (Å²) in [6, 6.07) is 6.70. The number of amides is 1. The highest BCUT2D eigenvalue weighted by Gasteiger charge is 2.37. The molecule has 2 aliphatic heterocycles. The molecule has 0 saturated carbocycles. The Morgan fingerprint density at radius 3 is 2.68 bits per heavy atom. The highest BCUT2D eigenvalue weighted by atomic mass is 19.1. The van der Waals surface area contributed by atoms with Gasteiger partial charge in [0.15, 0.2) is 5.76 Å².